The molecule has 0 unspecified atom stereocenters. The van der Waals surface area contributed by atoms with Gasteiger partial charge in [-0.25, -0.2) is 4.39 Å². The molecule has 28 heavy (non-hydrogen) atoms. The Balaban J connectivity index is 1.62. The van der Waals surface area contributed by atoms with Crippen LogP contribution in [0, 0.1) is 5.82 Å². The molecule has 4 aromatic rings. The normalized spacial score (nSPS) is 10.9. The summed E-state index contributed by atoms with van der Waals surface area (Å²) in [5.41, 5.74) is 2.93. The molecule has 0 radical (unpaired) electrons. The van der Waals surface area contributed by atoms with Gasteiger partial charge in [-0.2, -0.15) is 0 Å². The van der Waals surface area contributed by atoms with Gasteiger partial charge in [-0.1, -0.05) is 84.6 Å². The Hall–Kier alpha value is -2.92. The summed E-state index contributed by atoms with van der Waals surface area (Å²) in [5, 5.41) is 9.50. The number of benzene rings is 3. The number of nitrogens with zero attached hydrogens (tertiary/aromatic N) is 3. The van der Waals surface area contributed by atoms with Gasteiger partial charge in [0.15, 0.2) is 11.0 Å². The average molecular weight is 389 g/mol. The van der Waals surface area contributed by atoms with E-state index in [4.69, 9.17) is 0 Å². The Kier molecular flexibility index (Phi) is 5.83. The third kappa shape index (κ3) is 4.31. The lowest BCUT2D eigenvalue weighted by Crippen LogP contribution is -2.06. The van der Waals surface area contributed by atoms with E-state index in [1.54, 1.807) is 23.9 Å². The summed E-state index contributed by atoms with van der Waals surface area (Å²) in [4.78, 5) is 0. The molecule has 0 saturated heterocycles. The van der Waals surface area contributed by atoms with E-state index >= 15 is 0 Å². The second kappa shape index (κ2) is 8.85. The molecule has 4 rings (SSSR count). The van der Waals surface area contributed by atoms with Crippen LogP contribution in [-0.4, -0.2) is 14.8 Å². The summed E-state index contributed by atoms with van der Waals surface area (Å²) in [5.74, 6) is 1.08. The Morgan fingerprint density at radius 3 is 2.11 bits per heavy atom. The van der Waals surface area contributed by atoms with Gasteiger partial charge >= 0.3 is 0 Å². The van der Waals surface area contributed by atoms with Crippen molar-refractivity contribution in [1.82, 2.24) is 14.8 Å². The van der Waals surface area contributed by atoms with Crippen molar-refractivity contribution in [2.24, 2.45) is 0 Å². The highest BCUT2D eigenvalue weighted by atomic mass is 32.2. The summed E-state index contributed by atoms with van der Waals surface area (Å²) in [6.07, 6.45) is 0.833. The van der Waals surface area contributed by atoms with Gasteiger partial charge in [0.05, 0.1) is 5.56 Å². The largest absolute Gasteiger partial charge is 0.302 e. The fourth-order valence-electron chi connectivity index (χ4n) is 3.05. The molecule has 0 amide bonds. The first-order valence-corrected chi connectivity index (χ1v) is 10.2. The second-order valence-electron chi connectivity index (χ2n) is 6.45. The van der Waals surface area contributed by atoms with Crippen LogP contribution in [0.15, 0.2) is 90.1 Å². The first-order valence-electron chi connectivity index (χ1n) is 9.20. The summed E-state index contributed by atoms with van der Waals surface area (Å²) in [7, 11) is 0. The Morgan fingerprint density at radius 1 is 0.750 bits per heavy atom. The molecule has 1 aromatic heterocycles. The Morgan fingerprint density at radius 2 is 1.39 bits per heavy atom. The number of halogens is 1. The van der Waals surface area contributed by atoms with Gasteiger partial charge in [-0.15, -0.1) is 10.2 Å². The minimum absolute atomic E-state index is 0.282. The van der Waals surface area contributed by atoms with Crippen molar-refractivity contribution < 1.29 is 4.39 Å². The van der Waals surface area contributed by atoms with Crippen LogP contribution < -0.4 is 0 Å². The van der Waals surface area contributed by atoms with Gasteiger partial charge in [-0.3, -0.25) is 0 Å². The zero-order chi connectivity index (χ0) is 19.2. The van der Waals surface area contributed by atoms with Gasteiger partial charge < -0.3 is 4.57 Å². The molecule has 5 heteroatoms. The number of aromatic nitrogens is 3. The van der Waals surface area contributed by atoms with Crippen LogP contribution in [0.25, 0.3) is 11.4 Å². The molecule has 0 aliphatic heterocycles. The highest BCUT2D eigenvalue weighted by molar-refractivity contribution is 7.98. The summed E-state index contributed by atoms with van der Waals surface area (Å²) in [6.45, 7) is 0.692. The SMILES string of the molecule is Fc1ccccc1-c1nnc(SCc2ccccc2)n1CCc1ccccc1. The number of hydrogen-bond donors (Lipinski definition) is 0. The van der Waals surface area contributed by atoms with Gasteiger partial charge in [0.2, 0.25) is 0 Å². The van der Waals surface area contributed by atoms with Crippen molar-refractivity contribution in [3.05, 3.63) is 102 Å². The van der Waals surface area contributed by atoms with Crippen LogP contribution in [0.3, 0.4) is 0 Å². The smallest absolute Gasteiger partial charge is 0.191 e. The maximum Gasteiger partial charge on any atom is 0.191 e. The molecule has 3 aromatic carbocycles. The number of hydrogen-bond acceptors (Lipinski definition) is 3. The highest BCUT2D eigenvalue weighted by Gasteiger charge is 2.17. The van der Waals surface area contributed by atoms with Crippen molar-refractivity contribution >= 4 is 11.8 Å². The van der Waals surface area contributed by atoms with E-state index in [9.17, 15) is 4.39 Å². The maximum absolute atomic E-state index is 14.4. The fourth-order valence-corrected chi connectivity index (χ4v) is 3.97. The third-order valence-electron chi connectivity index (χ3n) is 4.51. The molecule has 0 aliphatic rings. The van der Waals surface area contributed by atoms with Crippen LogP contribution in [0.1, 0.15) is 11.1 Å². The zero-order valence-electron chi connectivity index (χ0n) is 15.3. The zero-order valence-corrected chi connectivity index (χ0v) is 16.1. The van der Waals surface area contributed by atoms with E-state index in [-0.39, 0.29) is 5.82 Å². The summed E-state index contributed by atoms with van der Waals surface area (Å²) >= 11 is 1.62. The monoisotopic (exact) mass is 389 g/mol. The molecule has 0 bridgehead atoms. The number of aryl methyl sites for hydroxylation is 1. The van der Waals surface area contributed by atoms with Crippen LogP contribution in [-0.2, 0) is 18.7 Å². The van der Waals surface area contributed by atoms with Crippen molar-refractivity contribution in [3.8, 4) is 11.4 Å². The van der Waals surface area contributed by atoms with E-state index in [1.807, 2.05) is 47.0 Å². The number of thioether (sulfide) groups is 1. The molecule has 3 nitrogen and oxygen atoms in total. The van der Waals surface area contributed by atoms with E-state index in [0.29, 0.717) is 17.9 Å². The van der Waals surface area contributed by atoms with E-state index in [2.05, 4.69) is 34.5 Å². The van der Waals surface area contributed by atoms with Crippen LogP contribution in [0.4, 0.5) is 4.39 Å². The lowest BCUT2D eigenvalue weighted by Gasteiger charge is -2.11. The van der Waals surface area contributed by atoms with E-state index in [1.165, 1.54) is 17.2 Å². The van der Waals surface area contributed by atoms with Crippen LogP contribution in [0.5, 0.6) is 0 Å². The average Bonchev–Trinajstić information content (AvgIpc) is 3.15. The summed E-state index contributed by atoms with van der Waals surface area (Å²) < 4.78 is 16.4. The van der Waals surface area contributed by atoms with Crippen molar-refractivity contribution in [2.75, 3.05) is 0 Å². The van der Waals surface area contributed by atoms with Crippen LogP contribution in [0.2, 0.25) is 0 Å². The van der Waals surface area contributed by atoms with Gasteiger partial charge in [0.25, 0.3) is 0 Å². The number of rotatable bonds is 7. The quantitative estimate of drug-likeness (QED) is 0.384. The topological polar surface area (TPSA) is 30.7 Å². The fraction of sp³-hybridized carbons (Fsp3) is 0.130. The minimum Gasteiger partial charge on any atom is -0.302 e. The molecule has 0 N–H and O–H groups in total. The van der Waals surface area contributed by atoms with Gasteiger partial charge in [-0.05, 0) is 29.7 Å². The minimum atomic E-state index is -0.282. The van der Waals surface area contributed by atoms with Crippen molar-refractivity contribution in [3.63, 3.8) is 0 Å². The predicted molar refractivity (Wildman–Crippen MR) is 112 cm³/mol. The predicted octanol–water partition coefficient (Wildman–Crippen LogP) is 5.62. The lowest BCUT2D eigenvalue weighted by molar-refractivity contribution is 0.616. The van der Waals surface area contributed by atoms with Crippen molar-refractivity contribution in [2.45, 2.75) is 23.9 Å². The lowest BCUT2D eigenvalue weighted by atomic mass is 10.1. The molecule has 140 valence electrons. The molecule has 1 heterocycles. The molecular weight excluding hydrogens is 369 g/mol. The molecule has 0 aliphatic carbocycles. The first-order chi connectivity index (χ1) is 13.8. The van der Waals surface area contributed by atoms with Gasteiger partial charge in [0.1, 0.15) is 5.82 Å². The van der Waals surface area contributed by atoms with Crippen molar-refractivity contribution in [1.29, 1.82) is 0 Å². The Bertz CT molecular complexity index is 1030. The third-order valence-corrected chi connectivity index (χ3v) is 5.55. The first kappa shape index (κ1) is 18.4. The molecular formula is C23H20FN3S. The molecule has 0 fully saturated rings. The second-order valence-corrected chi connectivity index (χ2v) is 7.39. The standard InChI is InChI=1S/C23H20FN3S/c24-21-14-8-7-13-20(21)22-25-26-23(28-17-19-11-5-2-6-12-19)27(22)16-15-18-9-3-1-4-10-18/h1-14H,15-17H2. The molecule has 0 saturated carbocycles. The highest BCUT2D eigenvalue weighted by Crippen LogP contribution is 2.28. The van der Waals surface area contributed by atoms with E-state index in [0.717, 1.165) is 17.3 Å². The van der Waals surface area contributed by atoms with Crippen LogP contribution >= 0.6 is 11.8 Å². The maximum atomic E-state index is 14.4. The molecule has 0 spiro atoms. The molecule has 0 atom stereocenters. The van der Waals surface area contributed by atoms with Gasteiger partial charge in [0, 0.05) is 12.3 Å². The summed E-state index contributed by atoms with van der Waals surface area (Å²) in [6, 6.07) is 27.3. The Labute approximate surface area is 168 Å². The van der Waals surface area contributed by atoms with E-state index < -0.39 is 0 Å².